The van der Waals surface area contributed by atoms with Crippen LogP contribution >= 0.6 is 0 Å². The summed E-state index contributed by atoms with van der Waals surface area (Å²) in [5, 5.41) is 9.32. The van der Waals surface area contributed by atoms with Gasteiger partial charge in [-0.2, -0.15) is 17.9 Å². The summed E-state index contributed by atoms with van der Waals surface area (Å²) in [4.78, 5) is 11.4. The van der Waals surface area contributed by atoms with Crippen molar-refractivity contribution in [3.63, 3.8) is 0 Å². The second-order valence-electron chi connectivity index (χ2n) is 5.73. The molecule has 1 aliphatic rings. The SMILES string of the molecule is CC1CCCC(NS(=O)(=O)CCCC(F)(F)F)(C(=O)O)C1. The molecule has 0 aromatic heterocycles. The van der Waals surface area contributed by atoms with E-state index in [4.69, 9.17) is 0 Å². The van der Waals surface area contributed by atoms with Crippen LogP contribution in [0, 0.1) is 5.92 Å². The molecule has 1 fully saturated rings. The molecule has 5 nitrogen and oxygen atoms in total. The Labute approximate surface area is 122 Å². The van der Waals surface area contributed by atoms with Crippen molar-refractivity contribution >= 4 is 16.0 Å². The fraction of sp³-hybridized carbons (Fsp3) is 0.917. The molecule has 9 heteroatoms. The zero-order valence-corrected chi connectivity index (χ0v) is 12.6. The van der Waals surface area contributed by atoms with Gasteiger partial charge in [0.25, 0.3) is 0 Å². The smallest absolute Gasteiger partial charge is 0.389 e. The number of alkyl halides is 3. The second-order valence-corrected chi connectivity index (χ2v) is 7.57. The maximum Gasteiger partial charge on any atom is 0.389 e. The van der Waals surface area contributed by atoms with Crippen LogP contribution in [0.5, 0.6) is 0 Å². The average Bonchev–Trinajstić information content (AvgIpc) is 2.25. The molecule has 1 aliphatic carbocycles. The Hall–Kier alpha value is -0.830. The number of carboxylic acids is 1. The Morgan fingerprint density at radius 1 is 1.43 bits per heavy atom. The summed E-state index contributed by atoms with van der Waals surface area (Å²) < 4.78 is 62.0. The van der Waals surface area contributed by atoms with E-state index in [1.807, 2.05) is 6.92 Å². The molecule has 1 rings (SSSR count). The van der Waals surface area contributed by atoms with Crippen LogP contribution in [0.2, 0.25) is 0 Å². The molecule has 1 saturated carbocycles. The summed E-state index contributed by atoms with van der Waals surface area (Å²) in [6.45, 7) is 1.83. The van der Waals surface area contributed by atoms with Gasteiger partial charge in [-0.3, -0.25) is 4.79 Å². The third-order valence-electron chi connectivity index (χ3n) is 3.63. The zero-order chi connectivity index (χ0) is 16.3. The van der Waals surface area contributed by atoms with Gasteiger partial charge in [0, 0.05) is 6.42 Å². The first-order valence-electron chi connectivity index (χ1n) is 6.78. The van der Waals surface area contributed by atoms with Crippen LogP contribution in [0.25, 0.3) is 0 Å². The third kappa shape index (κ3) is 5.82. The van der Waals surface area contributed by atoms with Gasteiger partial charge in [0.1, 0.15) is 5.54 Å². The molecule has 2 atom stereocenters. The molecular formula is C12H20F3NO4S. The van der Waals surface area contributed by atoms with Gasteiger partial charge in [0.2, 0.25) is 10.0 Å². The monoisotopic (exact) mass is 331 g/mol. The van der Waals surface area contributed by atoms with Gasteiger partial charge in [0.15, 0.2) is 0 Å². The number of rotatable bonds is 6. The second kappa shape index (κ2) is 6.51. The van der Waals surface area contributed by atoms with Crippen molar-refractivity contribution in [3.05, 3.63) is 0 Å². The Kier molecular flexibility index (Phi) is 5.65. The summed E-state index contributed by atoms with van der Waals surface area (Å²) in [5.74, 6) is -1.95. The van der Waals surface area contributed by atoms with Gasteiger partial charge < -0.3 is 5.11 Å². The van der Waals surface area contributed by atoms with Crippen molar-refractivity contribution in [2.75, 3.05) is 5.75 Å². The number of halogens is 3. The molecule has 0 aromatic rings. The normalized spacial score (nSPS) is 27.5. The largest absolute Gasteiger partial charge is 0.480 e. The Morgan fingerprint density at radius 3 is 2.52 bits per heavy atom. The van der Waals surface area contributed by atoms with E-state index in [9.17, 15) is 31.5 Å². The minimum absolute atomic E-state index is 0.0488. The van der Waals surface area contributed by atoms with Crippen LogP contribution in [-0.2, 0) is 14.8 Å². The van der Waals surface area contributed by atoms with Crippen LogP contribution < -0.4 is 4.72 Å². The molecule has 0 aliphatic heterocycles. The Morgan fingerprint density at radius 2 is 2.05 bits per heavy atom. The highest BCUT2D eigenvalue weighted by Gasteiger charge is 2.44. The molecule has 0 aromatic carbocycles. The molecule has 2 unspecified atom stereocenters. The van der Waals surface area contributed by atoms with Crippen molar-refractivity contribution < 1.29 is 31.5 Å². The highest BCUT2D eigenvalue weighted by Crippen LogP contribution is 2.33. The molecule has 124 valence electrons. The predicted octanol–water partition coefficient (Wildman–Crippen LogP) is 2.28. The lowest BCUT2D eigenvalue weighted by Gasteiger charge is -2.36. The van der Waals surface area contributed by atoms with E-state index in [1.165, 1.54) is 0 Å². The first kappa shape index (κ1) is 18.2. The number of hydrogen-bond acceptors (Lipinski definition) is 3. The molecule has 0 heterocycles. The van der Waals surface area contributed by atoms with Crippen LogP contribution in [0.3, 0.4) is 0 Å². The van der Waals surface area contributed by atoms with Crippen molar-refractivity contribution in [1.29, 1.82) is 0 Å². The topological polar surface area (TPSA) is 83.5 Å². The summed E-state index contributed by atoms with van der Waals surface area (Å²) in [5.41, 5.74) is -1.59. The standard InChI is InChI=1S/C12H20F3NO4S/c1-9-4-2-5-11(8-9,10(17)18)16-21(19,20)7-3-6-12(13,14)15/h9,16H,2-8H2,1H3,(H,17,18). The highest BCUT2D eigenvalue weighted by molar-refractivity contribution is 7.89. The lowest BCUT2D eigenvalue weighted by Crippen LogP contribution is -2.57. The first-order valence-corrected chi connectivity index (χ1v) is 8.43. The fourth-order valence-corrected chi connectivity index (χ4v) is 4.19. The van der Waals surface area contributed by atoms with Crippen molar-refractivity contribution in [3.8, 4) is 0 Å². The predicted molar refractivity (Wildman–Crippen MR) is 70.2 cm³/mol. The summed E-state index contributed by atoms with van der Waals surface area (Å²) in [6, 6.07) is 0. The van der Waals surface area contributed by atoms with Gasteiger partial charge >= 0.3 is 12.1 Å². The molecule has 0 spiro atoms. The average molecular weight is 331 g/mol. The van der Waals surface area contributed by atoms with Gasteiger partial charge in [-0.05, 0) is 25.2 Å². The molecule has 0 amide bonds. The number of carbonyl (C=O) groups is 1. The number of sulfonamides is 1. The quantitative estimate of drug-likeness (QED) is 0.782. The van der Waals surface area contributed by atoms with Gasteiger partial charge in [-0.15, -0.1) is 0 Å². The van der Waals surface area contributed by atoms with E-state index in [-0.39, 0.29) is 18.8 Å². The van der Waals surface area contributed by atoms with E-state index in [0.29, 0.717) is 6.42 Å². The minimum Gasteiger partial charge on any atom is -0.480 e. The van der Waals surface area contributed by atoms with Gasteiger partial charge in [-0.1, -0.05) is 19.8 Å². The number of nitrogens with one attached hydrogen (secondary N) is 1. The molecule has 2 N–H and O–H groups in total. The minimum atomic E-state index is -4.42. The van der Waals surface area contributed by atoms with Crippen LogP contribution in [0.4, 0.5) is 13.2 Å². The maximum atomic E-state index is 12.0. The van der Waals surface area contributed by atoms with Crippen LogP contribution in [-0.4, -0.2) is 37.0 Å². The summed E-state index contributed by atoms with van der Waals surface area (Å²) >= 11 is 0. The van der Waals surface area contributed by atoms with Crippen molar-refractivity contribution in [2.45, 2.75) is 57.2 Å². The van der Waals surface area contributed by atoms with E-state index < -0.39 is 46.3 Å². The molecule has 0 saturated heterocycles. The lowest BCUT2D eigenvalue weighted by atomic mass is 9.77. The Balaban J connectivity index is 2.72. The lowest BCUT2D eigenvalue weighted by molar-refractivity contribution is -0.146. The fourth-order valence-electron chi connectivity index (χ4n) is 2.69. The summed E-state index contributed by atoms with van der Waals surface area (Å²) in [6.07, 6.45) is -4.51. The maximum absolute atomic E-state index is 12.0. The van der Waals surface area contributed by atoms with Crippen LogP contribution in [0.15, 0.2) is 0 Å². The zero-order valence-electron chi connectivity index (χ0n) is 11.7. The summed E-state index contributed by atoms with van der Waals surface area (Å²) in [7, 11) is -4.06. The number of aliphatic carboxylic acids is 1. The van der Waals surface area contributed by atoms with E-state index >= 15 is 0 Å². The number of hydrogen-bond donors (Lipinski definition) is 2. The Bertz CT molecular complexity index is 477. The van der Waals surface area contributed by atoms with Gasteiger partial charge in [0.05, 0.1) is 5.75 Å². The highest BCUT2D eigenvalue weighted by atomic mass is 32.2. The molecular weight excluding hydrogens is 311 g/mol. The number of carboxylic acid groups (broad SMARTS) is 1. The van der Waals surface area contributed by atoms with Gasteiger partial charge in [-0.25, -0.2) is 8.42 Å². The van der Waals surface area contributed by atoms with E-state index in [2.05, 4.69) is 4.72 Å². The van der Waals surface area contributed by atoms with Crippen molar-refractivity contribution in [2.24, 2.45) is 5.92 Å². The molecule has 0 radical (unpaired) electrons. The third-order valence-corrected chi connectivity index (χ3v) is 5.16. The van der Waals surface area contributed by atoms with E-state index in [1.54, 1.807) is 0 Å². The van der Waals surface area contributed by atoms with E-state index in [0.717, 1.165) is 6.42 Å². The first-order chi connectivity index (χ1) is 9.46. The van der Waals surface area contributed by atoms with Crippen LogP contribution in [0.1, 0.15) is 45.4 Å². The molecule has 21 heavy (non-hydrogen) atoms. The van der Waals surface area contributed by atoms with Crippen molar-refractivity contribution in [1.82, 2.24) is 4.72 Å². The molecule has 0 bridgehead atoms.